The van der Waals surface area contributed by atoms with Gasteiger partial charge in [-0.3, -0.25) is 0 Å². The van der Waals surface area contributed by atoms with Crippen molar-refractivity contribution in [3.8, 4) is 5.69 Å². The molecule has 2 aromatic rings. The molecule has 78 valence electrons. The summed E-state index contributed by atoms with van der Waals surface area (Å²) in [4.78, 5) is 0. The first kappa shape index (κ1) is 9.90. The Hall–Kier alpha value is -1.64. The minimum absolute atomic E-state index is 0.247. The minimum atomic E-state index is -0.247. The van der Waals surface area contributed by atoms with Crippen LogP contribution in [0.2, 0.25) is 0 Å². The van der Waals surface area contributed by atoms with Crippen molar-refractivity contribution in [2.45, 2.75) is 20.8 Å². The summed E-state index contributed by atoms with van der Waals surface area (Å²) < 4.78 is 15.2. The molecule has 0 aliphatic carbocycles. The highest BCUT2D eigenvalue weighted by atomic mass is 19.1. The lowest BCUT2D eigenvalue weighted by Crippen LogP contribution is -2.01. The van der Waals surface area contributed by atoms with Crippen molar-refractivity contribution < 1.29 is 4.39 Å². The molecule has 0 atom stereocenters. The maximum Gasteiger partial charge on any atom is 0.148 e. The Balaban J connectivity index is 2.65. The molecular weight excluding hydrogens is 191 g/mol. The highest BCUT2D eigenvalue weighted by Gasteiger charge is 2.11. The predicted octanol–water partition coefficient (Wildman–Crippen LogP) is 2.94. The number of aryl methyl sites for hydroxylation is 1. The normalized spacial score (nSPS) is 10.7. The van der Waals surface area contributed by atoms with Crippen molar-refractivity contribution >= 4 is 0 Å². The van der Waals surface area contributed by atoms with Crippen molar-refractivity contribution in [2.24, 2.45) is 0 Å². The van der Waals surface area contributed by atoms with Crippen molar-refractivity contribution in [1.82, 2.24) is 9.78 Å². The summed E-state index contributed by atoms with van der Waals surface area (Å²) in [6, 6.07) is 6.66. The Morgan fingerprint density at radius 2 is 1.80 bits per heavy atom. The van der Waals surface area contributed by atoms with Crippen molar-refractivity contribution in [2.75, 3.05) is 0 Å². The van der Waals surface area contributed by atoms with Gasteiger partial charge in [0.15, 0.2) is 0 Å². The topological polar surface area (TPSA) is 17.8 Å². The maximum atomic E-state index is 13.5. The van der Waals surface area contributed by atoms with E-state index in [-0.39, 0.29) is 5.82 Å². The molecule has 1 aromatic heterocycles. The number of hydrogen-bond donors (Lipinski definition) is 0. The first-order valence-corrected chi connectivity index (χ1v) is 4.89. The zero-order valence-corrected chi connectivity index (χ0v) is 9.08. The van der Waals surface area contributed by atoms with Gasteiger partial charge in [0.25, 0.3) is 0 Å². The summed E-state index contributed by atoms with van der Waals surface area (Å²) in [5.74, 6) is -0.247. The van der Waals surface area contributed by atoms with E-state index < -0.39 is 0 Å². The van der Waals surface area contributed by atoms with Crippen LogP contribution in [0.3, 0.4) is 0 Å². The number of para-hydroxylation sites is 1. The minimum Gasteiger partial charge on any atom is -0.235 e. The van der Waals surface area contributed by atoms with E-state index in [0.717, 1.165) is 17.0 Å². The zero-order chi connectivity index (χ0) is 11.0. The van der Waals surface area contributed by atoms with Crippen LogP contribution < -0.4 is 0 Å². The van der Waals surface area contributed by atoms with Gasteiger partial charge in [-0.1, -0.05) is 12.1 Å². The number of nitrogens with zero attached hydrogens (tertiary/aromatic N) is 2. The molecule has 0 spiro atoms. The second-order valence-electron chi connectivity index (χ2n) is 3.66. The lowest BCUT2D eigenvalue weighted by molar-refractivity contribution is 0.608. The van der Waals surface area contributed by atoms with Crippen LogP contribution in [0.1, 0.15) is 17.0 Å². The molecule has 0 radical (unpaired) electrons. The first-order chi connectivity index (χ1) is 7.11. The fraction of sp³-hybridized carbons (Fsp3) is 0.250. The van der Waals surface area contributed by atoms with Gasteiger partial charge in [-0.2, -0.15) is 5.10 Å². The summed E-state index contributed by atoms with van der Waals surface area (Å²) in [5.41, 5.74) is 3.54. The summed E-state index contributed by atoms with van der Waals surface area (Å²) in [7, 11) is 0. The summed E-state index contributed by atoms with van der Waals surface area (Å²) in [6.07, 6.45) is 0. The number of rotatable bonds is 1. The Morgan fingerprint density at radius 1 is 1.13 bits per heavy atom. The summed E-state index contributed by atoms with van der Waals surface area (Å²) in [6.45, 7) is 5.87. The third-order valence-electron chi connectivity index (χ3n) is 2.73. The molecule has 0 amide bonds. The molecule has 0 fully saturated rings. The van der Waals surface area contributed by atoms with Gasteiger partial charge < -0.3 is 0 Å². The van der Waals surface area contributed by atoms with Crippen molar-refractivity contribution in [3.05, 3.63) is 47.0 Å². The van der Waals surface area contributed by atoms with Crippen molar-refractivity contribution in [3.63, 3.8) is 0 Å². The molecule has 15 heavy (non-hydrogen) atoms. The number of hydrogen-bond acceptors (Lipinski definition) is 1. The Kier molecular flexibility index (Phi) is 2.31. The second kappa shape index (κ2) is 3.50. The lowest BCUT2D eigenvalue weighted by atomic mass is 10.2. The lowest BCUT2D eigenvalue weighted by Gasteiger charge is -2.05. The van der Waals surface area contributed by atoms with Crippen LogP contribution >= 0.6 is 0 Å². The van der Waals surface area contributed by atoms with Crippen molar-refractivity contribution in [1.29, 1.82) is 0 Å². The monoisotopic (exact) mass is 204 g/mol. The van der Waals surface area contributed by atoms with Crippen LogP contribution in [0.4, 0.5) is 4.39 Å². The van der Waals surface area contributed by atoms with E-state index in [2.05, 4.69) is 5.10 Å². The van der Waals surface area contributed by atoms with E-state index in [9.17, 15) is 4.39 Å². The molecule has 1 aromatic carbocycles. The van der Waals surface area contributed by atoms with Gasteiger partial charge in [0.2, 0.25) is 0 Å². The van der Waals surface area contributed by atoms with Crippen LogP contribution in [0, 0.1) is 26.6 Å². The molecule has 0 unspecified atom stereocenters. The molecule has 2 rings (SSSR count). The smallest absolute Gasteiger partial charge is 0.148 e. The van der Waals surface area contributed by atoms with Crippen LogP contribution in [-0.4, -0.2) is 9.78 Å². The third kappa shape index (κ3) is 1.54. The molecule has 0 saturated heterocycles. The fourth-order valence-electron chi connectivity index (χ4n) is 1.58. The van der Waals surface area contributed by atoms with E-state index in [0.29, 0.717) is 5.69 Å². The summed E-state index contributed by atoms with van der Waals surface area (Å²) in [5, 5.41) is 4.32. The number of aromatic nitrogens is 2. The fourth-order valence-corrected chi connectivity index (χ4v) is 1.58. The van der Waals surface area contributed by atoms with Gasteiger partial charge in [-0.05, 0) is 38.5 Å². The van der Waals surface area contributed by atoms with Gasteiger partial charge >= 0.3 is 0 Å². The third-order valence-corrected chi connectivity index (χ3v) is 2.73. The zero-order valence-electron chi connectivity index (χ0n) is 9.08. The van der Waals surface area contributed by atoms with Crippen LogP contribution in [-0.2, 0) is 0 Å². The van der Waals surface area contributed by atoms with Gasteiger partial charge in [0, 0.05) is 5.69 Å². The quantitative estimate of drug-likeness (QED) is 0.698. The Bertz CT molecular complexity index is 500. The maximum absolute atomic E-state index is 13.5. The first-order valence-electron chi connectivity index (χ1n) is 4.89. The SMILES string of the molecule is Cc1nn(-c2ccccc2F)c(C)c1C. The van der Waals surface area contributed by atoms with Gasteiger partial charge in [-0.25, -0.2) is 9.07 Å². The van der Waals surface area contributed by atoms with Crippen LogP contribution in [0.25, 0.3) is 5.69 Å². The molecule has 1 heterocycles. The number of benzene rings is 1. The van der Waals surface area contributed by atoms with E-state index >= 15 is 0 Å². The molecular formula is C12H13FN2. The van der Waals surface area contributed by atoms with Gasteiger partial charge in [0.1, 0.15) is 11.5 Å². The Morgan fingerprint density at radius 3 is 2.33 bits per heavy atom. The van der Waals surface area contributed by atoms with Gasteiger partial charge in [0.05, 0.1) is 5.69 Å². The molecule has 0 aliphatic heterocycles. The summed E-state index contributed by atoms with van der Waals surface area (Å²) >= 11 is 0. The van der Waals surface area contributed by atoms with E-state index in [1.54, 1.807) is 16.8 Å². The highest BCUT2D eigenvalue weighted by molar-refractivity contribution is 5.37. The molecule has 0 N–H and O–H groups in total. The van der Waals surface area contributed by atoms with Crippen LogP contribution in [0.5, 0.6) is 0 Å². The number of halogens is 1. The second-order valence-corrected chi connectivity index (χ2v) is 3.66. The van der Waals surface area contributed by atoms with E-state index in [1.807, 2.05) is 26.8 Å². The molecule has 0 saturated carbocycles. The highest BCUT2D eigenvalue weighted by Crippen LogP contribution is 2.18. The molecule has 0 bridgehead atoms. The predicted molar refractivity (Wildman–Crippen MR) is 57.7 cm³/mol. The standard InChI is InChI=1S/C12H13FN2/c1-8-9(2)14-15(10(8)3)12-7-5-4-6-11(12)13/h4-7H,1-3H3. The molecule has 2 nitrogen and oxygen atoms in total. The average molecular weight is 204 g/mol. The van der Waals surface area contributed by atoms with E-state index in [1.165, 1.54) is 6.07 Å². The van der Waals surface area contributed by atoms with Crippen LogP contribution in [0.15, 0.2) is 24.3 Å². The Labute approximate surface area is 88.4 Å². The molecule has 3 heteroatoms. The molecule has 0 aliphatic rings. The largest absolute Gasteiger partial charge is 0.235 e. The van der Waals surface area contributed by atoms with Gasteiger partial charge in [-0.15, -0.1) is 0 Å². The van der Waals surface area contributed by atoms with E-state index in [4.69, 9.17) is 0 Å². The average Bonchev–Trinajstić information content (AvgIpc) is 2.47.